The van der Waals surface area contributed by atoms with E-state index in [4.69, 9.17) is 0 Å². The lowest BCUT2D eigenvalue weighted by Crippen LogP contribution is -2.52. The Morgan fingerprint density at radius 3 is 2.06 bits per heavy atom. The minimum atomic E-state index is -0.209. The summed E-state index contributed by atoms with van der Waals surface area (Å²) in [5, 5.41) is 2.76. The Bertz CT molecular complexity index is 424. The SMILES string of the molecule is CN(C)c1ccc(N2C(=O)CNCC2=O)cc1. The molecule has 1 aliphatic heterocycles. The molecule has 0 aromatic heterocycles. The zero-order valence-corrected chi connectivity index (χ0v) is 9.93. The molecule has 5 nitrogen and oxygen atoms in total. The first-order valence-electron chi connectivity index (χ1n) is 5.43. The van der Waals surface area contributed by atoms with Gasteiger partial charge >= 0.3 is 0 Å². The molecule has 0 unspecified atom stereocenters. The maximum atomic E-state index is 11.7. The third-order valence-corrected chi connectivity index (χ3v) is 2.68. The minimum Gasteiger partial charge on any atom is -0.378 e. The van der Waals surface area contributed by atoms with Crippen LogP contribution < -0.4 is 15.1 Å². The molecule has 0 bridgehead atoms. The Kier molecular flexibility index (Phi) is 3.10. The van der Waals surface area contributed by atoms with Gasteiger partial charge in [0.05, 0.1) is 18.8 Å². The highest BCUT2D eigenvalue weighted by Gasteiger charge is 2.26. The summed E-state index contributed by atoms with van der Waals surface area (Å²) in [5.74, 6) is -0.419. The summed E-state index contributed by atoms with van der Waals surface area (Å²) in [6.07, 6.45) is 0. The summed E-state index contributed by atoms with van der Waals surface area (Å²) < 4.78 is 0. The number of benzene rings is 1. The molecule has 1 N–H and O–H groups in total. The summed E-state index contributed by atoms with van der Waals surface area (Å²) in [4.78, 5) is 26.5. The average molecular weight is 233 g/mol. The number of rotatable bonds is 2. The van der Waals surface area contributed by atoms with Crippen molar-refractivity contribution in [3.63, 3.8) is 0 Å². The maximum Gasteiger partial charge on any atom is 0.247 e. The summed E-state index contributed by atoms with van der Waals surface area (Å²) in [6.45, 7) is 0.419. The Morgan fingerprint density at radius 2 is 1.59 bits per heavy atom. The molecule has 0 saturated carbocycles. The molecule has 1 saturated heterocycles. The highest BCUT2D eigenvalue weighted by atomic mass is 16.2. The van der Waals surface area contributed by atoms with E-state index < -0.39 is 0 Å². The van der Waals surface area contributed by atoms with Crippen LogP contribution in [0.1, 0.15) is 0 Å². The van der Waals surface area contributed by atoms with Crippen molar-refractivity contribution in [2.45, 2.75) is 0 Å². The van der Waals surface area contributed by atoms with Gasteiger partial charge in [-0.15, -0.1) is 0 Å². The van der Waals surface area contributed by atoms with Crippen LogP contribution in [0.5, 0.6) is 0 Å². The lowest BCUT2D eigenvalue weighted by atomic mass is 10.2. The zero-order valence-electron chi connectivity index (χ0n) is 9.93. The minimum absolute atomic E-state index is 0.209. The summed E-state index contributed by atoms with van der Waals surface area (Å²) in [7, 11) is 3.88. The van der Waals surface area contributed by atoms with Crippen molar-refractivity contribution in [1.82, 2.24) is 5.32 Å². The number of hydrogen-bond donors (Lipinski definition) is 1. The van der Waals surface area contributed by atoms with Crippen LogP contribution in [0, 0.1) is 0 Å². The van der Waals surface area contributed by atoms with Gasteiger partial charge in [-0.2, -0.15) is 0 Å². The van der Waals surface area contributed by atoms with E-state index in [-0.39, 0.29) is 24.9 Å². The largest absolute Gasteiger partial charge is 0.378 e. The quantitative estimate of drug-likeness (QED) is 0.742. The summed E-state index contributed by atoms with van der Waals surface area (Å²) in [5.41, 5.74) is 1.66. The first-order chi connectivity index (χ1) is 8.09. The molecule has 0 aliphatic carbocycles. The van der Waals surface area contributed by atoms with Gasteiger partial charge in [0.1, 0.15) is 0 Å². The topological polar surface area (TPSA) is 52.6 Å². The summed E-state index contributed by atoms with van der Waals surface area (Å²) >= 11 is 0. The number of nitrogens with zero attached hydrogens (tertiary/aromatic N) is 2. The second-order valence-corrected chi connectivity index (χ2v) is 4.14. The Balaban J connectivity index is 2.26. The number of hydrogen-bond acceptors (Lipinski definition) is 4. The molecule has 1 fully saturated rings. The van der Waals surface area contributed by atoms with Crippen molar-refractivity contribution >= 4 is 23.2 Å². The van der Waals surface area contributed by atoms with Crippen LogP contribution in [0.3, 0.4) is 0 Å². The molecule has 90 valence electrons. The van der Waals surface area contributed by atoms with Crippen molar-refractivity contribution in [3.05, 3.63) is 24.3 Å². The predicted octanol–water partition coefficient (Wildman–Crippen LogP) is 0.215. The fourth-order valence-electron chi connectivity index (χ4n) is 1.76. The van der Waals surface area contributed by atoms with Crippen LogP contribution in [0.4, 0.5) is 11.4 Å². The maximum absolute atomic E-state index is 11.7. The predicted molar refractivity (Wildman–Crippen MR) is 66.1 cm³/mol. The van der Waals surface area contributed by atoms with E-state index in [2.05, 4.69) is 5.32 Å². The van der Waals surface area contributed by atoms with Crippen molar-refractivity contribution in [3.8, 4) is 0 Å². The van der Waals surface area contributed by atoms with Crippen molar-refractivity contribution < 1.29 is 9.59 Å². The molecule has 2 rings (SSSR count). The number of piperazine rings is 1. The number of amides is 2. The molecule has 1 aromatic carbocycles. The second-order valence-electron chi connectivity index (χ2n) is 4.14. The van der Waals surface area contributed by atoms with Gasteiger partial charge in [-0.1, -0.05) is 0 Å². The first-order valence-corrected chi connectivity index (χ1v) is 5.43. The number of carbonyl (C=O) groups excluding carboxylic acids is 2. The van der Waals surface area contributed by atoms with Crippen LogP contribution in [0.25, 0.3) is 0 Å². The fourth-order valence-corrected chi connectivity index (χ4v) is 1.76. The lowest BCUT2D eigenvalue weighted by molar-refractivity contribution is -0.127. The van der Waals surface area contributed by atoms with Crippen LogP contribution >= 0.6 is 0 Å². The standard InChI is InChI=1S/C12H15N3O2/c1-14(2)9-3-5-10(6-4-9)15-11(16)7-13-8-12(15)17/h3-6,13H,7-8H2,1-2H3. The van der Waals surface area contributed by atoms with Gasteiger partial charge in [0, 0.05) is 19.8 Å². The lowest BCUT2D eigenvalue weighted by Gasteiger charge is -2.26. The Labute approximate surface area is 100 Å². The monoisotopic (exact) mass is 233 g/mol. The highest BCUT2D eigenvalue weighted by Crippen LogP contribution is 2.20. The number of nitrogens with one attached hydrogen (secondary N) is 1. The van der Waals surface area contributed by atoms with Crippen LogP contribution in [0.2, 0.25) is 0 Å². The molecular formula is C12H15N3O2. The molecule has 2 amide bonds. The number of carbonyl (C=O) groups is 2. The van der Waals surface area contributed by atoms with E-state index in [1.54, 1.807) is 12.1 Å². The Morgan fingerprint density at radius 1 is 1.06 bits per heavy atom. The normalized spacial score (nSPS) is 16.2. The fraction of sp³-hybridized carbons (Fsp3) is 0.333. The van der Waals surface area contributed by atoms with E-state index in [1.807, 2.05) is 31.1 Å². The third-order valence-electron chi connectivity index (χ3n) is 2.68. The van der Waals surface area contributed by atoms with E-state index in [1.165, 1.54) is 4.90 Å². The molecule has 0 radical (unpaired) electrons. The molecular weight excluding hydrogens is 218 g/mol. The van der Waals surface area contributed by atoms with Gasteiger partial charge in [-0.3, -0.25) is 14.9 Å². The average Bonchev–Trinajstić information content (AvgIpc) is 2.29. The third kappa shape index (κ3) is 2.29. The molecule has 1 heterocycles. The van der Waals surface area contributed by atoms with Crippen LogP contribution in [-0.4, -0.2) is 39.0 Å². The van der Waals surface area contributed by atoms with Gasteiger partial charge in [0.15, 0.2) is 0 Å². The van der Waals surface area contributed by atoms with Crippen molar-refractivity contribution in [1.29, 1.82) is 0 Å². The van der Waals surface area contributed by atoms with Gasteiger partial charge in [0.2, 0.25) is 11.8 Å². The van der Waals surface area contributed by atoms with Gasteiger partial charge < -0.3 is 4.90 Å². The second kappa shape index (κ2) is 4.55. The highest BCUT2D eigenvalue weighted by molar-refractivity contribution is 6.17. The zero-order chi connectivity index (χ0) is 12.4. The van der Waals surface area contributed by atoms with E-state index >= 15 is 0 Å². The first kappa shape index (κ1) is 11.6. The molecule has 0 spiro atoms. The Hall–Kier alpha value is -1.88. The number of anilines is 2. The van der Waals surface area contributed by atoms with Crippen LogP contribution in [-0.2, 0) is 9.59 Å². The molecule has 17 heavy (non-hydrogen) atoms. The molecule has 5 heteroatoms. The smallest absolute Gasteiger partial charge is 0.247 e. The van der Waals surface area contributed by atoms with Crippen molar-refractivity contribution in [2.24, 2.45) is 0 Å². The van der Waals surface area contributed by atoms with E-state index in [0.29, 0.717) is 5.69 Å². The molecule has 1 aliphatic rings. The molecule has 1 aromatic rings. The van der Waals surface area contributed by atoms with Crippen LogP contribution in [0.15, 0.2) is 24.3 Å². The number of imide groups is 1. The van der Waals surface area contributed by atoms with Crippen molar-refractivity contribution in [2.75, 3.05) is 37.0 Å². The van der Waals surface area contributed by atoms with Gasteiger partial charge in [-0.25, -0.2) is 4.90 Å². The summed E-state index contributed by atoms with van der Waals surface area (Å²) in [6, 6.07) is 7.35. The van der Waals surface area contributed by atoms with E-state index in [9.17, 15) is 9.59 Å². The van der Waals surface area contributed by atoms with Gasteiger partial charge in [0.25, 0.3) is 0 Å². The molecule has 0 atom stereocenters. The van der Waals surface area contributed by atoms with E-state index in [0.717, 1.165) is 5.69 Å². The van der Waals surface area contributed by atoms with Gasteiger partial charge in [-0.05, 0) is 24.3 Å².